The Labute approximate surface area is 167 Å². The smallest absolute Gasteiger partial charge is 0.404 e. The largest absolute Gasteiger partial charge is 0.465 e. The highest BCUT2D eigenvalue weighted by Crippen LogP contribution is 2.26. The van der Waals surface area contributed by atoms with Crippen molar-refractivity contribution in [2.24, 2.45) is 13.0 Å². The van der Waals surface area contributed by atoms with Gasteiger partial charge in [-0.05, 0) is 37.8 Å². The van der Waals surface area contributed by atoms with Crippen molar-refractivity contribution >= 4 is 28.7 Å². The summed E-state index contributed by atoms with van der Waals surface area (Å²) in [5.41, 5.74) is 2.47. The minimum absolute atomic E-state index is 0.0783. The summed E-state index contributed by atoms with van der Waals surface area (Å²) in [6, 6.07) is 5.55. The number of nitrogens with one attached hydrogen (secondary N) is 2. The van der Waals surface area contributed by atoms with Crippen LogP contribution in [-0.2, 0) is 11.8 Å². The molecule has 0 unspecified atom stereocenters. The first-order valence-electron chi connectivity index (χ1n) is 9.54. The lowest BCUT2D eigenvalue weighted by atomic mass is 9.85. The Morgan fingerprint density at radius 1 is 1.17 bits per heavy atom. The average molecular weight is 394 g/mol. The van der Waals surface area contributed by atoms with Crippen LogP contribution in [0.2, 0.25) is 0 Å². The average Bonchev–Trinajstić information content (AvgIpc) is 3.14. The van der Waals surface area contributed by atoms with Gasteiger partial charge in [0.25, 0.3) is 0 Å². The fourth-order valence-corrected chi connectivity index (χ4v) is 3.70. The Balaban J connectivity index is 1.45. The van der Waals surface area contributed by atoms with Crippen molar-refractivity contribution in [1.29, 1.82) is 0 Å². The van der Waals surface area contributed by atoms with Crippen molar-refractivity contribution < 1.29 is 14.7 Å². The lowest BCUT2D eigenvalue weighted by Crippen LogP contribution is -2.38. The number of aryl methyl sites for hydroxylation is 1. The van der Waals surface area contributed by atoms with E-state index in [4.69, 9.17) is 5.11 Å². The molecule has 4 rings (SSSR count). The van der Waals surface area contributed by atoms with Crippen LogP contribution in [0.3, 0.4) is 0 Å². The molecule has 150 valence electrons. The number of fused-ring (bicyclic) bond motifs is 1. The fraction of sp³-hybridized carbons (Fsp3) is 0.350. The Morgan fingerprint density at radius 2 is 1.97 bits per heavy atom. The molecule has 0 aliphatic heterocycles. The number of amides is 2. The molecule has 1 fully saturated rings. The van der Waals surface area contributed by atoms with Crippen molar-refractivity contribution in [1.82, 2.24) is 25.1 Å². The van der Waals surface area contributed by atoms with E-state index in [-0.39, 0.29) is 17.9 Å². The number of carbonyl (C=O) groups excluding carboxylic acids is 1. The molecule has 9 heteroatoms. The Morgan fingerprint density at radius 3 is 2.66 bits per heavy atom. The molecule has 0 aromatic carbocycles. The Bertz CT molecular complexity index is 1060. The van der Waals surface area contributed by atoms with Crippen LogP contribution in [0.25, 0.3) is 22.2 Å². The number of hydrogen-bond donors (Lipinski definition) is 3. The number of aromatic nitrogens is 4. The van der Waals surface area contributed by atoms with Gasteiger partial charge in [-0.2, -0.15) is 5.10 Å². The van der Waals surface area contributed by atoms with Gasteiger partial charge in [-0.15, -0.1) is 0 Å². The second kappa shape index (κ2) is 7.86. The lowest BCUT2D eigenvalue weighted by molar-refractivity contribution is -0.120. The van der Waals surface area contributed by atoms with Gasteiger partial charge < -0.3 is 15.7 Å². The number of anilines is 1. The van der Waals surface area contributed by atoms with Crippen LogP contribution in [0.15, 0.2) is 36.8 Å². The zero-order chi connectivity index (χ0) is 20.4. The van der Waals surface area contributed by atoms with Gasteiger partial charge in [0, 0.05) is 48.4 Å². The Hall–Kier alpha value is -3.49. The fourth-order valence-electron chi connectivity index (χ4n) is 3.70. The van der Waals surface area contributed by atoms with Crippen LogP contribution >= 0.6 is 0 Å². The first-order valence-corrected chi connectivity index (χ1v) is 9.54. The zero-order valence-corrected chi connectivity index (χ0v) is 16.0. The van der Waals surface area contributed by atoms with E-state index in [0.717, 1.165) is 22.2 Å². The van der Waals surface area contributed by atoms with Gasteiger partial charge >= 0.3 is 6.09 Å². The molecule has 1 aliphatic rings. The second-order valence-corrected chi connectivity index (χ2v) is 7.35. The molecule has 0 radical (unpaired) electrons. The van der Waals surface area contributed by atoms with Gasteiger partial charge in [0.15, 0.2) is 0 Å². The molecular formula is C20H22N6O3. The van der Waals surface area contributed by atoms with Crippen molar-refractivity contribution in [3.63, 3.8) is 0 Å². The number of pyridine rings is 2. The molecule has 0 bridgehead atoms. The quantitative estimate of drug-likeness (QED) is 0.625. The zero-order valence-electron chi connectivity index (χ0n) is 16.0. The predicted octanol–water partition coefficient (Wildman–Crippen LogP) is 2.80. The molecule has 2 amide bonds. The molecule has 9 nitrogen and oxygen atoms in total. The van der Waals surface area contributed by atoms with Crippen LogP contribution in [0.5, 0.6) is 0 Å². The van der Waals surface area contributed by atoms with Crippen molar-refractivity contribution in [3.8, 4) is 11.3 Å². The van der Waals surface area contributed by atoms with E-state index in [0.29, 0.717) is 31.5 Å². The van der Waals surface area contributed by atoms with Crippen LogP contribution in [0.1, 0.15) is 25.7 Å². The minimum Gasteiger partial charge on any atom is -0.465 e. The summed E-state index contributed by atoms with van der Waals surface area (Å²) in [6.45, 7) is 0. The highest BCUT2D eigenvalue weighted by Gasteiger charge is 2.27. The third-order valence-electron chi connectivity index (χ3n) is 5.25. The molecule has 0 spiro atoms. The molecule has 0 atom stereocenters. The van der Waals surface area contributed by atoms with E-state index in [1.165, 1.54) is 0 Å². The van der Waals surface area contributed by atoms with Crippen LogP contribution in [0, 0.1) is 5.92 Å². The van der Waals surface area contributed by atoms with E-state index < -0.39 is 6.09 Å². The summed E-state index contributed by atoms with van der Waals surface area (Å²) in [5.74, 6) is 0.229. The third kappa shape index (κ3) is 4.34. The van der Waals surface area contributed by atoms with E-state index >= 15 is 0 Å². The highest BCUT2D eigenvalue weighted by molar-refractivity contribution is 5.93. The SMILES string of the molecule is Cn1cc(-c2ccc3cnc(NC(=O)[C@H]4CC[C@H](NC(=O)O)CC4)cc3n2)cn1. The normalized spacial score (nSPS) is 19.1. The summed E-state index contributed by atoms with van der Waals surface area (Å²) in [7, 11) is 1.85. The Kier molecular flexibility index (Phi) is 5.11. The van der Waals surface area contributed by atoms with Gasteiger partial charge in [0.2, 0.25) is 5.91 Å². The lowest BCUT2D eigenvalue weighted by Gasteiger charge is -2.27. The maximum Gasteiger partial charge on any atom is 0.404 e. The molecule has 1 aliphatic carbocycles. The third-order valence-corrected chi connectivity index (χ3v) is 5.25. The molecular weight excluding hydrogens is 372 g/mol. The van der Waals surface area contributed by atoms with Crippen LogP contribution in [0.4, 0.5) is 10.6 Å². The van der Waals surface area contributed by atoms with Crippen molar-refractivity contribution in [2.75, 3.05) is 5.32 Å². The molecule has 3 heterocycles. The molecule has 1 saturated carbocycles. The number of nitrogens with zero attached hydrogens (tertiary/aromatic N) is 4. The van der Waals surface area contributed by atoms with Gasteiger partial charge in [0.05, 0.1) is 17.4 Å². The standard InChI is InChI=1S/C20H22N6O3/c1-26-11-14(10-22-26)16-7-4-13-9-21-18(8-17(13)24-16)25-19(27)12-2-5-15(6-3-12)23-20(28)29/h4,7-12,15,23H,2-3,5-6H2,1H3,(H,28,29)(H,21,25,27)/t12-,15-. The van der Waals surface area contributed by atoms with Gasteiger partial charge in [0.1, 0.15) is 5.82 Å². The van der Waals surface area contributed by atoms with Gasteiger partial charge in [-0.25, -0.2) is 14.8 Å². The summed E-state index contributed by atoms with van der Waals surface area (Å²) in [4.78, 5) is 32.3. The minimum atomic E-state index is -1.02. The highest BCUT2D eigenvalue weighted by atomic mass is 16.4. The summed E-state index contributed by atoms with van der Waals surface area (Å²) >= 11 is 0. The maximum atomic E-state index is 12.6. The molecule has 0 saturated heterocycles. The van der Waals surface area contributed by atoms with E-state index in [2.05, 4.69) is 25.7 Å². The predicted molar refractivity (Wildman–Crippen MR) is 107 cm³/mol. The van der Waals surface area contributed by atoms with Crippen LogP contribution in [-0.4, -0.2) is 42.9 Å². The van der Waals surface area contributed by atoms with Crippen molar-refractivity contribution in [3.05, 3.63) is 36.8 Å². The first-order chi connectivity index (χ1) is 14.0. The summed E-state index contributed by atoms with van der Waals surface area (Å²) in [5, 5.41) is 19.2. The van der Waals surface area contributed by atoms with Crippen molar-refractivity contribution in [2.45, 2.75) is 31.7 Å². The molecule has 3 aromatic rings. The first kappa shape index (κ1) is 18.9. The molecule has 3 aromatic heterocycles. The number of carboxylic acid groups (broad SMARTS) is 1. The van der Waals surface area contributed by atoms with E-state index in [1.54, 1.807) is 23.1 Å². The van der Waals surface area contributed by atoms with Crippen LogP contribution < -0.4 is 10.6 Å². The monoisotopic (exact) mass is 394 g/mol. The molecule has 29 heavy (non-hydrogen) atoms. The molecule has 3 N–H and O–H groups in total. The second-order valence-electron chi connectivity index (χ2n) is 7.35. The summed E-state index contributed by atoms with van der Waals surface area (Å²) < 4.78 is 1.72. The number of rotatable bonds is 4. The van der Waals surface area contributed by atoms with Gasteiger partial charge in [-0.3, -0.25) is 9.48 Å². The van der Waals surface area contributed by atoms with E-state index in [9.17, 15) is 9.59 Å². The topological polar surface area (TPSA) is 122 Å². The maximum absolute atomic E-state index is 12.6. The van der Waals surface area contributed by atoms with E-state index in [1.807, 2.05) is 25.4 Å². The number of carbonyl (C=O) groups is 2. The van der Waals surface area contributed by atoms with Gasteiger partial charge in [-0.1, -0.05) is 0 Å². The summed E-state index contributed by atoms with van der Waals surface area (Å²) in [6.07, 6.45) is 6.94. The number of hydrogen-bond acceptors (Lipinski definition) is 5.